The van der Waals surface area contributed by atoms with E-state index in [1.807, 2.05) is 6.07 Å². The first-order chi connectivity index (χ1) is 14.5. The normalized spacial score (nSPS) is 12.8. The number of hydrogen-bond acceptors (Lipinski definition) is 7. The Kier molecular flexibility index (Phi) is 5.36. The Morgan fingerprint density at radius 3 is 2.73 bits per heavy atom. The van der Waals surface area contributed by atoms with Gasteiger partial charge in [0.2, 0.25) is 5.95 Å². The molecule has 0 aliphatic carbocycles. The van der Waals surface area contributed by atoms with Crippen LogP contribution in [0.1, 0.15) is 20.7 Å². The Labute approximate surface area is 177 Å². The van der Waals surface area contributed by atoms with Gasteiger partial charge in [-0.05, 0) is 30.3 Å². The van der Waals surface area contributed by atoms with Gasteiger partial charge in [0.1, 0.15) is 5.02 Å². The number of aromatic nitrogens is 2. The number of nitrogens with one attached hydrogen (secondary N) is 4. The third kappa shape index (κ3) is 4.11. The maximum absolute atomic E-state index is 12.1. The van der Waals surface area contributed by atoms with Crippen molar-refractivity contribution in [1.82, 2.24) is 15.3 Å². The molecule has 0 bridgehead atoms. The number of primary amides is 1. The van der Waals surface area contributed by atoms with Gasteiger partial charge in [-0.3, -0.25) is 9.59 Å². The van der Waals surface area contributed by atoms with Crippen molar-refractivity contribution < 1.29 is 9.59 Å². The summed E-state index contributed by atoms with van der Waals surface area (Å²) in [6.45, 7) is 1.19. The lowest BCUT2D eigenvalue weighted by molar-refractivity contribution is 0.0956. The number of fused-ring (bicyclic) bond motifs is 1. The number of amides is 2. The van der Waals surface area contributed by atoms with Crippen LogP contribution in [-0.4, -0.2) is 34.9 Å². The van der Waals surface area contributed by atoms with E-state index in [4.69, 9.17) is 17.3 Å². The standard InChI is InChI=1S/C20H18ClN7O2/c21-14-10-25-20(28-18(14)27-15-4-2-1-3-12(15)17(22)29)26-11-5-6-13-16(9-11)23-7-8-24-19(13)30/h1-6,9-10,23H,7-8H2,(H2,22,29)(H,24,30)(H2,25,26,27,28). The van der Waals surface area contributed by atoms with Crippen LogP contribution in [0.5, 0.6) is 0 Å². The largest absolute Gasteiger partial charge is 0.383 e. The minimum absolute atomic E-state index is 0.121. The van der Waals surface area contributed by atoms with Gasteiger partial charge in [-0.1, -0.05) is 23.7 Å². The van der Waals surface area contributed by atoms with Crippen LogP contribution in [0.2, 0.25) is 5.02 Å². The predicted molar refractivity (Wildman–Crippen MR) is 116 cm³/mol. The predicted octanol–water partition coefficient (Wildman–Crippen LogP) is 2.87. The van der Waals surface area contributed by atoms with E-state index < -0.39 is 5.91 Å². The van der Waals surface area contributed by atoms with Gasteiger partial charge in [-0.2, -0.15) is 4.98 Å². The zero-order chi connectivity index (χ0) is 21.1. The number of benzene rings is 2. The third-order valence-corrected chi connectivity index (χ3v) is 4.71. The Balaban J connectivity index is 1.59. The molecule has 0 unspecified atom stereocenters. The summed E-state index contributed by atoms with van der Waals surface area (Å²) in [5, 5.41) is 12.4. The van der Waals surface area contributed by atoms with Crippen LogP contribution in [0.15, 0.2) is 48.7 Å². The zero-order valence-electron chi connectivity index (χ0n) is 15.7. The average molecular weight is 424 g/mol. The van der Waals surface area contributed by atoms with Gasteiger partial charge in [0.05, 0.1) is 23.0 Å². The SMILES string of the molecule is NC(=O)c1ccccc1Nc1nc(Nc2ccc3c(c2)NCCNC3=O)ncc1Cl. The van der Waals surface area contributed by atoms with E-state index in [2.05, 4.69) is 31.2 Å². The molecule has 6 N–H and O–H groups in total. The second-order valence-corrected chi connectivity index (χ2v) is 6.90. The smallest absolute Gasteiger partial charge is 0.253 e. The molecule has 0 atom stereocenters. The molecule has 0 spiro atoms. The molecular formula is C20H18ClN7O2. The second kappa shape index (κ2) is 8.26. The fourth-order valence-corrected chi connectivity index (χ4v) is 3.15. The Bertz CT molecular complexity index is 1140. The van der Waals surface area contributed by atoms with Crippen molar-refractivity contribution in [3.05, 3.63) is 64.8 Å². The van der Waals surface area contributed by atoms with Crippen LogP contribution >= 0.6 is 11.6 Å². The molecule has 1 aliphatic heterocycles. The number of nitrogens with two attached hydrogens (primary N) is 1. The molecule has 0 saturated heterocycles. The summed E-state index contributed by atoms with van der Waals surface area (Å²) < 4.78 is 0. The summed E-state index contributed by atoms with van der Waals surface area (Å²) in [6, 6.07) is 12.1. The summed E-state index contributed by atoms with van der Waals surface area (Å²) in [5.41, 5.74) is 8.21. The maximum Gasteiger partial charge on any atom is 0.253 e. The van der Waals surface area contributed by atoms with E-state index in [1.54, 1.807) is 36.4 Å². The average Bonchev–Trinajstić information content (AvgIpc) is 2.92. The van der Waals surface area contributed by atoms with Crippen LogP contribution in [0, 0.1) is 0 Å². The lowest BCUT2D eigenvalue weighted by atomic mass is 10.1. The molecule has 152 valence electrons. The molecule has 1 aliphatic rings. The van der Waals surface area contributed by atoms with Crippen LogP contribution in [0.25, 0.3) is 0 Å². The number of halogens is 1. The van der Waals surface area contributed by atoms with Crippen molar-refractivity contribution in [3.63, 3.8) is 0 Å². The van der Waals surface area contributed by atoms with Crippen molar-refractivity contribution in [1.29, 1.82) is 0 Å². The van der Waals surface area contributed by atoms with Crippen LogP contribution in [0.4, 0.5) is 28.8 Å². The first kappa shape index (κ1) is 19.5. The Morgan fingerprint density at radius 1 is 1.10 bits per heavy atom. The lowest BCUT2D eigenvalue weighted by Gasteiger charge is -2.13. The van der Waals surface area contributed by atoms with E-state index >= 15 is 0 Å². The molecule has 2 amide bonds. The monoisotopic (exact) mass is 423 g/mol. The van der Waals surface area contributed by atoms with E-state index in [1.165, 1.54) is 6.20 Å². The van der Waals surface area contributed by atoms with Crippen LogP contribution in [-0.2, 0) is 0 Å². The number of carbonyl (C=O) groups is 2. The van der Waals surface area contributed by atoms with Gasteiger partial charge in [0.25, 0.3) is 11.8 Å². The van der Waals surface area contributed by atoms with Gasteiger partial charge >= 0.3 is 0 Å². The first-order valence-electron chi connectivity index (χ1n) is 9.13. The molecule has 3 aromatic rings. The van der Waals surface area contributed by atoms with Crippen molar-refractivity contribution in [3.8, 4) is 0 Å². The van der Waals surface area contributed by atoms with Crippen molar-refractivity contribution in [2.75, 3.05) is 29.0 Å². The Morgan fingerprint density at radius 2 is 1.90 bits per heavy atom. The van der Waals surface area contributed by atoms with E-state index in [-0.39, 0.29) is 16.9 Å². The molecule has 4 rings (SSSR count). The number of nitrogens with zero attached hydrogens (tertiary/aromatic N) is 2. The van der Waals surface area contributed by atoms with Gasteiger partial charge in [0.15, 0.2) is 5.82 Å². The fraction of sp³-hybridized carbons (Fsp3) is 0.100. The maximum atomic E-state index is 12.1. The van der Waals surface area contributed by atoms with E-state index in [0.29, 0.717) is 41.4 Å². The van der Waals surface area contributed by atoms with E-state index in [0.717, 1.165) is 5.69 Å². The highest BCUT2D eigenvalue weighted by molar-refractivity contribution is 6.33. The third-order valence-electron chi connectivity index (χ3n) is 4.44. The van der Waals surface area contributed by atoms with Gasteiger partial charge in [0, 0.05) is 24.5 Å². The highest BCUT2D eigenvalue weighted by Gasteiger charge is 2.16. The molecular weight excluding hydrogens is 406 g/mol. The number of hydrogen-bond donors (Lipinski definition) is 5. The summed E-state index contributed by atoms with van der Waals surface area (Å²) >= 11 is 6.22. The van der Waals surface area contributed by atoms with Gasteiger partial charge in [-0.25, -0.2) is 4.98 Å². The van der Waals surface area contributed by atoms with Crippen LogP contribution < -0.4 is 27.0 Å². The first-order valence-corrected chi connectivity index (χ1v) is 9.50. The number of para-hydroxylation sites is 1. The number of rotatable bonds is 5. The highest BCUT2D eigenvalue weighted by atomic mass is 35.5. The molecule has 2 heterocycles. The summed E-state index contributed by atoms with van der Waals surface area (Å²) in [6.07, 6.45) is 1.45. The van der Waals surface area contributed by atoms with Gasteiger partial charge in [-0.15, -0.1) is 0 Å². The molecule has 0 radical (unpaired) electrons. The minimum Gasteiger partial charge on any atom is -0.383 e. The summed E-state index contributed by atoms with van der Waals surface area (Å²) in [7, 11) is 0. The lowest BCUT2D eigenvalue weighted by Crippen LogP contribution is -2.24. The van der Waals surface area contributed by atoms with Crippen LogP contribution in [0.3, 0.4) is 0 Å². The fourth-order valence-electron chi connectivity index (χ4n) is 3.01. The quantitative estimate of drug-likeness (QED) is 0.426. The summed E-state index contributed by atoms with van der Waals surface area (Å²) in [4.78, 5) is 32.3. The Hall–Kier alpha value is -3.85. The summed E-state index contributed by atoms with van der Waals surface area (Å²) in [5.74, 6) is -0.0846. The second-order valence-electron chi connectivity index (χ2n) is 6.49. The minimum atomic E-state index is -0.567. The topological polar surface area (TPSA) is 134 Å². The molecule has 0 fully saturated rings. The molecule has 30 heavy (non-hydrogen) atoms. The zero-order valence-corrected chi connectivity index (χ0v) is 16.5. The molecule has 0 saturated carbocycles. The highest BCUT2D eigenvalue weighted by Crippen LogP contribution is 2.28. The number of carbonyl (C=O) groups excluding carboxylic acids is 2. The van der Waals surface area contributed by atoms with Gasteiger partial charge < -0.3 is 27.0 Å². The molecule has 10 heteroatoms. The molecule has 9 nitrogen and oxygen atoms in total. The molecule has 2 aromatic carbocycles. The van der Waals surface area contributed by atoms with Crippen molar-refractivity contribution >= 4 is 52.2 Å². The van der Waals surface area contributed by atoms with E-state index in [9.17, 15) is 9.59 Å². The van der Waals surface area contributed by atoms with Crippen molar-refractivity contribution in [2.45, 2.75) is 0 Å². The number of anilines is 5. The van der Waals surface area contributed by atoms with Crippen molar-refractivity contribution in [2.24, 2.45) is 5.73 Å². The molecule has 1 aromatic heterocycles.